The van der Waals surface area contributed by atoms with Crippen LogP contribution in [0.25, 0.3) is 0 Å². The molecular formula is C13H14FN3O. The topological polar surface area (TPSA) is 64.9 Å². The highest BCUT2D eigenvalue weighted by atomic mass is 19.1. The van der Waals surface area contributed by atoms with Gasteiger partial charge in [0.15, 0.2) is 0 Å². The standard InChI is InChI=1S/C13H14FN3O/c1-8-5-6-16-12(8)13(18)17-11-4-2-3-10(14)9(11)7-15/h2-4,8,12,16H,5-6H2,1H3,(H,17,18). The van der Waals surface area contributed by atoms with Crippen molar-refractivity contribution in [2.75, 3.05) is 11.9 Å². The van der Waals surface area contributed by atoms with E-state index in [4.69, 9.17) is 5.26 Å². The summed E-state index contributed by atoms with van der Waals surface area (Å²) in [6.45, 7) is 2.79. The van der Waals surface area contributed by atoms with Gasteiger partial charge in [0.05, 0.1) is 11.7 Å². The van der Waals surface area contributed by atoms with Crippen LogP contribution in [0.2, 0.25) is 0 Å². The van der Waals surface area contributed by atoms with Crippen molar-refractivity contribution >= 4 is 11.6 Å². The highest BCUT2D eigenvalue weighted by Crippen LogP contribution is 2.20. The van der Waals surface area contributed by atoms with Crippen molar-refractivity contribution in [3.63, 3.8) is 0 Å². The third-order valence-electron chi connectivity index (χ3n) is 3.20. The minimum Gasteiger partial charge on any atom is -0.323 e. The van der Waals surface area contributed by atoms with Crippen LogP contribution in [0.5, 0.6) is 0 Å². The van der Waals surface area contributed by atoms with E-state index in [1.807, 2.05) is 6.92 Å². The molecule has 0 aliphatic carbocycles. The molecule has 2 atom stereocenters. The monoisotopic (exact) mass is 247 g/mol. The molecule has 1 aromatic carbocycles. The molecule has 1 fully saturated rings. The zero-order valence-electron chi connectivity index (χ0n) is 10.0. The van der Waals surface area contributed by atoms with Crippen LogP contribution in [0.4, 0.5) is 10.1 Å². The second-order valence-corrected chi connectivity index (χ2v) is 4.46. The van der Waals surface area contributed by atoms with Crippen LogP contribution in [0, 0.1) is 23.1 Å². The van der Waals surface area contributed by atoms with Crippen LogP contribution in [-0.2, 0) is 4.79 Å². The molecule has 0 saturated carbocycles. The molecule has 1 heterocycles. The minimum absolute atomic E-state index is 0.128. The molecule has 2 rings (SSSR count). The summed E-state index contributed by atoms with van der Waals surface area (Å²) in [6.07, 6.45) is 0.937. The quantitative estimate of drug-likeness (QED) is 0.834. The molecule has 18 heavy (non-hydrogen) atoms. The molecule has 0 aromatic heterocycles. The average molecular weight is 247 g/mol. The second-order valence-electron chi connectivity index (χ2n) is 4.46. The minimum atomic E-state index is -0.622. The molecule has 1 amide bonds. The van der Waals surface area contributed by atoms with E-state index in [1.165, 1.54) is 18.2 Å². The molecular weight excluding hydrogens is 233 g/mol. The first-order valence-corrected chi connectivity index (χ1v) is 5.86. The lowest BCUT2D eigenvalue weighted by Gasteiger charge is -2.16. The van der Waals surface area contributed by atoms with Gasteiger partial charge in [0.1, 0.15) is 17.4 Å². The first-order chi connectivity index (χ1) is 8.63. The van der Waals surface area contributed by atoms with Crippen LogP contribution in [0.15, 0.2) is 18.2 Å². The summed E-state index contributed by atoms with van der Waals surface area (Å²) in [7, 11) is 0. The third-order valence-corrected chi connectivity index (χ3v) is 3.20. The van der Waals surface area contributed by atoms with Gasteiger partial charge >= 0.3 is 0 Å². The predicted molar refractivity (Wildman–Crippen MR) is 65.3 cm³/mol. The molecule has 0 bridgehead atoms. The van der Waals surface area contributed by atoms with Crippen molar-refractivity contribution in [2.45, 2.75) is 19.4 Å². The molecule has 0 radical (unpaired) electrons. The number of benzene rings is 1. The Morgan fingerprint density at radius 2 is 2.39 bits per heavy atom. The Labute approximate surface area is 105 Å². The fourth-order valence-corrected chi connectivity index (χ4v) is 2.14. The second kappa shape index (κ2) is 5.15. The molecule has 1 aliphatic heterocycles. The van der Waals surface area contributed by atoms with Crippen molar-refractivity contribution in [1.29, 1.82) is 5.26 Å². The Hall–Kier alpha value is -1.93. The summed E-state index contributed by atoms with van der Waals surface area (Å²) in [4.78, 5) is 12.0. The number of amides is 1. The lowest BCUT2D eigenvalue weighted by molar-refractivity contribution is -0.118. The van der Waals surface area contributed by atoms with Gasteiger partial charge in [-0.25, -0.2) is 4.39 Å². The first-order valence-electron chi connectivity index (χ1n) is 5.86. The number of hydrogen-bond acceptors (Lipinski definition) is 3. The van der Waals surface area contributed by atoms with Crippen LogP contribution >= 0.6 is 0 Å². The average Bonchev–Trinajstić information content (AvgIpc) is 2.76. The molecule has 5 heteroatoms. The fourth-order valence-electron chi connectivity index (χ4n) is 2.14. The highest BCUT2D eigenvalue weighted by Gasteiger charge is 2.29. The molecule has 4 nitrogen and oxygen atoms in total. The molecule has 0 spiro atoms. The van der Waals surface area contributed by atoms with Crippen molar-refractivity contribution in [3.05, 3.63) is 29.6 Å². The summed E-state index contributed by atoms with van der Waals surface area (Å²) in [6, 6.07) is 5.68. The number of nitrogens with one attached hydrogen (secondary N) is 2. The van der Waals surface area contributed by atoms with E-state index in [9.17, 15) is 9.18 Å². The number of halogens is 1. The molecule has 94 valence electrons. The smallest absolute Gasteiger partial charge is 0.241 e. The van der Waals surface area contributed by atoms with Crippen LogP contribution in [-0.4, -0.2) is 18.5 Å². The molecule has 2 unspecified atom stereocenters. The molecule has 1 saturated heterocycles. The van der Waals surface area contributed by atoms with E-state index < -0.39 is 5.82 Å². The van der Waals surface area contributed by atoms with Gasteiger partial charge in [-0.2, -0.15) is 5.26 Å². The van der Waals surface area contributed by atoms with E-state index >= 15 is 0 Å². The maximum Gasteiger partial charge on any atom is 0.241 e. The van der Waals surface area contributed by atoms with Gasteiger partial charge in [-0.15, -0.1) is 0 Å². The van der Waals surface area contributed by atoms with Crippen molar-refractivity contribution in [3.8, 4) is 6.07 Å². The van der Waals surface area contributed by atoms with Gasteiger partial charge in [0, 0.05) is 0 Å². The van der Waals surface area contributed by atoms with Gasteiger partial charge < -0.3 is 10.6 Å². The van der Waals surface area contributed by atoms with Crippen molar-refractivity contribution in [1.82, 2.24) is 5.32 Å². The Bertz CT molecular complexity index is 509. The number of anilines is 1. The van der Waals surface area contributed by atoms with Gasteiger partial charge in [-0.3, -0.25) is 4.79 Å². The predicted octanol–water partition coefficient (Wildman–Crippen LogP) is 1.63. The zero-order valence-corrected chi connectivity index (χ0v) is 10.0. The number of hydrogen-bond donors (Lipinski definition) is 2. The van der Waals surface area contributed by atoms with E-state index in [1.54, 1.807) is 6.07 Å². The molecule has 2 N–H and O–H groups in total. The third kappa shape index (κ3) is 2.34. The lowest BCUT2D eigenvalue weighted by atomic mass is 10.0. The van der Waals surface area contributed by atoms with Crippen LogP contribution in [0.1, 0.15) is 18.9 Å². The lowest BCUT2D eigenvalue weighted by Crippen LogP contribution is -2.39. The van der Waals surface area contributed by atoms with Crippen molar-refractivity contribution in [2.24, 2.45) is 5.92 Å². The zero-order chi connectivity index (χ0) is 13.1. The first kappa shape index (κ1) is 12.5. The maximum atomic E-state index is 13.4. The number of carbonyl (C=O) groups excluding carboxylic acids is 1. The van der Waals surface area contributed by atoms with E-state index in [0.29, 0.717) is 0 Å². The Morgan fingerprint density at radius 1 is 1.61 bits per heavy atom. The number of nitrogens with zero attached hydrogens (tertiary/aromatic N) is 1. The van der Waals surface area contributed by atoms with Crippen molar-refractivity contribution < 1.29 is 9.18 Å². The van der Waals surface area contributed by atoms with Gasteiger partial charge in [0.25, 0.3) is 0 Å². The Balaban J connectivity index is 2.17. The number of rotatable bonds is 2. The highest BCUT2D eigenvalue weighted by molar-refractivity contribution is 5.96. The largest absolute Gasteiger partial charge is 0.323 e. The van der Waals surface area contributed by atoms with Gasteiger partial charge in [0.2, 0.25) is 5.91 Å². The van der Waals surface area contributed by atoms with Crippen LogP contribution < -0.4 is 10.6 Å². The van der Waals surface area contributed by atoms with Gasteiger partial charge in [-0.05, 0) is 31.0 Å². The summed E-state index contributed by atoms with van der Waals surface area (Å²) >= 11 is 0. The SMILES string of the molecule is CC1CCNC1C(=O)Nc1cccc(F)c1C#N. The normalized spacial score (nSPS) is 22.5. The number of nitriles is 1. The van der Waals surface area contributed by atoms with E-state index in [0.717, 1.165) is 13.0 Å². The molecule has 1 aromatic rings. The summed E-state index contributed by atoms with van der Waals surface area (Å²) < 4.78 is 13.4. The number of carbonyl (C=O) groups is 1. The van der Waals surface area contributed by atoms with Crippen LogP contribution in [0.3, 0.4) is 0 Å². The molecule has 1 aliphatic rings. The van der Waals surface area contributed by atoms with E-state index in [2.05, 4.69) is 10.6 Å². The summed E-state index contributed by atoms with van der Waals surface area (Å²) in [5.74, 6) is -0.603. The Kier molecular flexibility index (Phi) is 3.58. The summed E-state index contributed by atoms with van der Waals surface area (Å²) in [5.41, 5.74) is 0.0971. The fraction of sp³-hybridized carbons (Fsp3) is 0.385. The van der Waals surface area contributed by atoms with Gasteiger partial charge in [-0.1, -0.05) is 13.0 Å². The summed E-state index contributed by atoms with van der Waals surface area (Å²) in [5, 5.41) is 14.6. The Morgan fingerprint density at radius 3 is 3.00 bits per heavy atom. The van der Waals surface area contributed by atoms with E-state index in [-0.39, 0.29) is 29.1 Å². The maximum absolute atomic E-state index is 13.4.